The van der Waals surface area contributed by atoms with Crippen LogP contribution in [0.4, 0.5) is 5.88 Å². The molecule has 0 aliphatic carbocycles. The summed E-state index contributed by atoms with van der Waals surface area (Å²) >= 11 is -1.63. The quantitative estimate of drug-likeness (QED) is 0.865. The van der Waals surface area contributed by atoms with Gasteiger partial charge in [-0.15, -0.1) is 0 Å². The first-order valence-corrected chi connectivity index (χ1v) is 8.18. The second kappa shape index (κ2) is 6.22. The highest BCUT2D eigenvalue weighted by Gasteiger charge is 2.19. The molecule has 2 aromatic rings. The van der Waals surface area contributed by atoms with E-state index in [1.165, 1.54) is 5.56 Å². The van der Waals surface area contributed by atoms with Crippen LogP contribution in [0.5, 0.6) is 0 Å². The van der Waals surface area contributed by atoms with Crippen molar-refractivity contribution in [1.29, 1.82) is 0 Å². The average molecular weight is 322 g/mol. The molecule has 120 valence electrons. The minimum atomic E-state index is -1.63. The summed E-state index contributed by atoms with van der Waals surface area (Å²) in [6.45, 7) is 13.8. The SMILES string of the molecule is Cc1noc(NOS(=O)c2c(C)c(C)c(C)c(C)c2C)c1C. The van der Waals surface area contributed by atoms with Crippen molar-refractivity contribution in [3.8, 4) is 0 Å². The monoisotopic (exact) mass is 322 g/mol. The van der Waals surface area contributed by atoms with Crippen LogP contribution in [-0.4, -0.2) is 9.37 Å². The van der Waals surface area contributed by atoms with Gasteiger partial charge in [-0.3, -0.25) is 0 Å². The average Bonchev–Trinajstić information content (AvgIpc) is 2.81. The number of hydrogen-bond donors (Lipinski definition) is 1. The largest absolute Gasteiger partial charge is 0.336 e. The molecule has 0 bridgehead atoms. The summed E-state index contributed by atoms with van der Waals surface area (Å²) in [7, 11) is 0. The summed E-state index contributed by atoms with van der Waals surface area (Å²) in [6, 6.07) is 0. The molecule has 0 saturated carbocycles. The second-order valence-electron chi connectivity index (χ2n) is 5.60. The van der Waals surface area contributed by atoms with Gasteiger partial charge in [0.05, 0.1) is 10.6 Å². The fourth-order valence-electron chi connectivity index (χ4n) is 2.34. The van der Waals surface area contributed by atoms with Gasteiger partial charge in [0, 0.05) is 5.56 Å². The van der Waals surface area contributed by atoms with Crippen molar-refractivity contribution in [3.63, 3.8) is 0 Å². The first kappa shape index (κ1) is 16.7. The fraction of sp³-hybridized carbons (Fsp3) is 0.438. The van der Waals surface area contributed by atoms with Gasteiger partial charge < -0.3 is 4.52 Å². The van der Waals surface area contributed by atoms with Crippen molar-refractivity contribution in [2.45, 2.75) is 53.4 Å². The molecule has 2 rings (SSSR count). The third-order valence-electron chi connectivity index (χ3n) is 4.47. The van der Waals surface area contributed by atoms with E-state index in [1.807, 2.05) is 41.5 Å². The predicted molar refractivity (Wildman–Crippen MR) is 87.2 cm³/mol. The molecule has 6 heteroatoms. The molecule has 1 unspecified atom stereocenters. The highest BCUT2D eigenvalue weighted by Crippen LogP contribution is 2.29. The van der Waals surface area contributed by atoms with E-state index in [-0.39, 0.29) is 0 Å². The van der Waals surface area contributed by atoms with E-state index in [0.29, 0.717) is 10.8 Å². The van der Waals surface area contributed by atoms with Crippen molar-refractivity contribution in [2.24, 2.45) is 0 Å². The van der Waals surface area contributed by atoms with Crippen LogP contribution >= 0.6 is 0 Å². The number of nitrogens with one attached hydrogen (secondary N) is 1. The number of aromatic nitrogens is 1. The van der Waals surface area contributed by atoms with E-state index < -0.39 is 11.1 Å². The third kappa shape index (κ3) is 2.80. The van der Waals surface area contributed by atoms with Gasteiger partial charge >= 0.3 is 0 Å². The minimum absolute atomic E-state index is 0.377. The zero-order chi connectivity index (χ0) is 16.6. The molecular weight excluding hydrogens is 300 g/mol. The van der Waals surface area contributed by atoms with Gasteiger partial charge in [-0.25, -0.2) is 9.69 Å². The molecule has 0 aliphatic heterocycles. The van der Waals surface area contributed by atoms with Gasteiger partial charge in [0.2, 0.25) is 11.1 Å². The van der Waals surface area contributed by atoms with Gasteiger partial charge in [-0.05, 0) is 76.3 Å². The normalized spacial score (nSPS) is 12.5. The zero-order valence-corrected chi connectivity index (χ0v) is 14.9. The molecule has 1 aromatic heterocycles. The van der Waals surface area contributed by atoms with Gasteiger partial charge in [0.25, 0.3) is 5.88 Å². The Balaban J connectivity index is 2.29. The Morgan fingerprint density at radius 1 is 0.864 bits per heavy atom. The first-order valence-electron chi connectivity index (χ1n) is 7.10. The molecule has 0 spiro atoms. The summed E-state index contributed by atoms with van der Waals surface area (Å²) in [5.41, 5.74) is 9.71. The maximum Gasteiger partial charge on any atom is 0.252 e. The molecule has 1 atom stereocenters. The summed E-state index contributed by atoms with van der Waals surface area (Å²) in [5, 5.41) is 3.83. The lowest BCUT2D eigenvalue weighted by atomic mass is 9.95. The number of rotatable bonds is 4. The van der Waals surface area contributed by atoms with Crippen molar-refractivity contribution < 1.29 is 13.0 Å². The topological polar surface area (TPSA) is 64.4 Å². The fourth-order valence-corrected chi connectivity index (χ4v) is 3.38. The number of hydrogen-bond acceptors (Lipinski definition) is 5. The molecule has 1 N–H and O–H groups in total. The Kier molecular flexibility index (Phi) is 4.72. The highest BCUT2D eigenvalue weighted by molar-refractivity contribution is 7.80. The summed E-state index contributed by atoms with van der Waals surface area (Å²) in [5.74, 6) is 0.377. The van der Waals surface area contributed by atoms with E-state index in [9.17, 15) is 4.21 Å². The lowest BCUT2D eigenvalue weighted by molar-refractivity contribution is 0.366. The first-order chi connectivity index (χ1) is 10.3. The van der Waals surface area contributed by atoms with E-state index in [2.05, 4.69) is 17.6 Å². The van der Waals surface area contributed by atoms with Gasteiger partial charge in [-0.2, -0.15) is 4.28 Å². The van der Waals surface area contributed by atoms with Gasteiger partial charge in [0.1, 0.15) is 0 Å². The van der Waals surface area contributed by atoms with Crippen molar-refractivity contribution >= 4 is 17.0 Å². The van der Waals surface area contributed by atoms with Crippen molar-refractivity contribution in [1.82, 2.24) is 5.16 Å². The molecule has 1 aromatic carbocycles. The predicted octanol–water partition coefficient (Wildman–Crippen LogP) is 3.90. The standard InChI is InChI=1S/C16H22N2O3S/c1-8-9(2)11(4)15(12(5)10(8)3)22(19)21-18-16-13(6)14(7)17-20-16/h18H,1-7H3. The Hall–Kier alpha value is -1.66. The van der Waals surface area contributed by atoms with E-state index in [0.717, 1.165) is 33.5 Å². The molecule has 0 radical (unpaired) electrons. The highest BCUT2D eigenvalue weighted by atomic mass is 32.2. The molecule has 0 fully saturated rings. The molecular formula is C16H22N2O3S. The van der Waals surface area contributed by atoms with Crippen LogP contribution in [0.1, 0.15) is 39.1 Å². The Bertz CT molecular complexity index is 721. The number of anilines is 1. The number of aryl methyl sites for hydroxylation is 1. The molecule has 5 nitrogen and oxygen atoms in total. The Morgan fingerprint density at radius 2 is 1.36 bits per heavy atom. The Labute approximate surface area is 133 Å². The smallest absolute Gasteiger partial charge is 0.252 e. The van der Waals surface area contributed by atoms with Gasteiger partial charge in [0.15, 0.2) is 0 Å². The lowest BCUT2D eigenvalue weighted by Crippen LogP contribution is -2.10. The van der Waals surface area contributed by atoms with Crippen LogP contribution in [-0.2, 0) is 15.4 Å². The summed E-state index contributed by atoms with van der Waals surface area (Å²) < 4.78 is 23.0. The van der Waals surface area contributed by atoms with Gasteiger partial charge in [-0.1, -0.05) is 5.16 Å². The van der Waals surface area contributed by atoms with Crippen molar-refractivity contribution in [3.05, 3.63) is 39.1 Å². The second-order valence-corrected chi connectivity index (χ2v) is 6.64. The van der Waals surface area contributed by atoms with Crippen LogP contribution < -0.4 is 5.48 Å². The Morgan fingerprint density at radius 3 is 1.82 bits per heavy atom. The molecule has 1 heterocycles. The van der Waals surface area contributed by atoms with E-state index in [4.69, 9.17) is 8.81 Å². The minimum Gasteiger partial charge on any atom is -0.336 e. The molecule has 0 aliphatic rings. The molecule has 0 amide bonds. The summed E-state index contributed by atoms with van der Waals surface area (Å²) in [4.78, 5) is 0.710. The van der Waals surface area contributed by atoms with Crippen LogP contribution in [0.3, 0.4) is 0 Å². The molecule has 0 saturated heterocycles. The van der Waals surface area contributed by atoms with E-state index in [1.54, 1.807) is 0 Å². The van der Waals surface area contributed by atoms with Crippen LogP contribution in [0.2, 0.25) is 0 Å². The van der Waals surface area contributed by atoms with Crippen LogP contribution in [0.15, 0.2) is 9.42 Å². The maximum atomic E-state index is 12.6. The van der Waals surface area contributed by atoms with Crippen LogP contribution in [0.25, 0.3) is 0 Å². The maximum absolute atomic E-state index is 12.6. The number of benzene rings is 1. The third-order valence-corrected chi connectivity index (χ3v) is 5.65. The summed E-state index contributed by atoms with van der Waals surface area (Å²) in [6.07, 6.45) is 0. The number of nitrogens with zero attached hydrogens (tertiary/aromatic N) is 1. The lowest BCUT2D eigenvalue weighted by Gasteiger charge is -2.17. The van der Waals surface area contributed by atoms with Crippen molar-refractivity contribution in [2.75, 3.05) is 5.48 Å². The van der Waals surface area contributed by atoms with Crippen LogP contribution in [0, 0.1) is 48.5 Å². The van der Waals surface area contributed by atoms with E-state index >= 15 is 0 Å². The molecule has 22 heavy (non-hydrogen) atoms. The zero-order valence-electron chi connectivity index (χ0n) is 14.1.